The summed E-state index contributed by atoms with van der Waals surface area (Å²) in [7, 11) is 0. The Kier molecular flexibility index (Phi) is 11.9. The van der Waals surface area contributed by atoms with Gasteiger partial charge in [-0.1, -0.05) is 30.3 Å². The Hall–Kier alpha value is -1.51. The molecule has 1 aromatic carbocycles. The van der Waals surface area contributed by atoms with E-state index in [0.29, 0.717) is 52.6 Å². The molecule has 0 aliphatic carbocycles. The van der Waals surface area contributed by atoms with E-state index in [-0.39, 0.29) is 19.1 Å². The third-order valence-corrected chi connectivity index (χ3v) is 3.22. The molecule has 0 radical (unpaired) electrons. The Morgan fingerprint density at radius 2 is 1.50 bits per heavy atom. The maximum Gasteiger partial charge on any atom is 0.320 e. The molecule has 0 bridgehead atoms. The van der Waals surface area contributed by atoms with E-state index < -0.39 is 0 Å². The van der Waals surface area contributed by atoms with Gasteiger partial charge in [0.1, 0.15) is 6.61 Å². The number of rotatable bonds is 14. The molecule has 0 fully saturated rings. The van der Waals surface area contributed by atoms with E-state index in [1.807, 2.05) is 35.2 Å². The van der Waals surface area contributed by atoms with Crippen molar-refractivity contribution in [3.8, 4) is 0 Å². The van der Waals surface area contributed by atoms with Gasteiger partial charge in [0.25, 0.3) is 0 Å². The van der Waals surface area contributed by atoms with E-state index in [4.69, 9.17) is 25.7 Å². The van der Waals surface area contributed by atoms with E-state index >= 15 is 0 Å². The second-order valence-corrected chi connectivity index (χ2v) is 5.22. The average Bonchev–Trinajstić information content (AvgIpc) is 2.61. The van der Waals surface area contributed by atoms with Gasteiger partial charge >= 0.3 is 5.97 Å². The predicted molar refractivity (Wildman–Crippen MR) is 92.4 cm³/mol. The molecule has 0 aliphatic heterocycles. The lowest BCUT2D eigenvalue weighted by atomic mass is 10.2. The van der Waals surface area contributed by atoms with Crippen molar-refractivity contribution in [2.24, 2.45) is 11.5 Å². The van der Waals surface area contributed by atoms with Gasteiger partial charge in [0.15, 0.2) is 0 Å². The minimum absolute atomic E-state index is 0.199. The molecule has 0 atom stereocenters. The summed E-state index contributed by atoms with van der Waals surface area (Å²) in [5.74, 6) is -0.267. The molecule has 0 aromatic heterocycles. The zero-order chi connectivity index (χ0) is 17.5. The van der Waals surface area contributed by atoms with Crippen molar-refractivity contribution in [1.82, 2.24) is 4.90 Å². The lowest BCUT2D eigenvalue weighted by molar-refractivity contribution is -0.146. The van der Waals surface area contributed by atoms with Crippen LogP contribution in [0.5, 0.6) is 0 Å². The van der Waals surface area contributed by atoms with Crippen LogP contribution in [0.3, 0.4) is 0 Å². The summed E-state index contributed by atoms with van der Waals surface area (Å²) in [6, 6.07) is 9.60. The summed E-state index contributed by atoms with van der Waals surface area (Å²) in [4.78, 5) is 14.0. The van der Waals surface area contributed by atoms with Crippen LogP contribution < -0.4 is 11.5 Å². The molecular formula is C17H29N3O4. The number of hydrogen-bond acceptors (Lipinski definition) is 7. The highest BCUT2D eigenvalue weighted by atomic mass is 16.5. The highest BCUT2D eigenvalue weighted by Crippen LogP contribution is 2.01. The Morgan fingerprint density at radius 1 is 0.917 bits per heavy atom. The zero-order valence-corrected chi connectivity index (χ0v) is 14.2. The van der Waals surface area contributed by atoms with Gasteiger partial charge in [-0.2, -0.15) is 0 Å². The number of carbonyl (C=O) groups is 1. The van der Waals surface area contributed by atoms with Crippen molar-refractivity contribution >= 4 is 5.97 Å². The molecule has 7 nitrogen and oxygen atoms in total. The monoisotopic (exact) mass is 339 g/mol. The van der Waals surface area contributed by atoms with Crippen LogP contribution in [0.2, 0.25) is 0 Å². The summed E-state index contributed by atoms with van der Waals surface area (Å²) >= 11 is 0. The first kappa shape index (κ1) is 20.5. The van der Waals surface area contributed by atoms with Gasteiger partial charge in [-0.15, -0.1) is 0 Å². The molecule has 136 valence electrons. The van der Waals surface area contributed by atoms with Crippen LogP contribution in [0.25, 0.3) is 0 Å². The summed E-state index contributed by atoms with van der Waals surface area (Å²) in [5, 5.41) is 0. The van der Waals surface area contributed by atoms with Crippen LogP contribution in [-0.4, -0.2) is 70.0 Å². The highest BCUT2D eigenvalue weighted by molar-refractivity contribution is 5.71. The third kappa shape index (κ3) is 10.3. The van der Waals surface area contributed by atoms with Gasteiger partial charge in [0.2, 0.25) is 0 Å². The van der Waals surface area contributed by atoms with E-state index in [9.17, 15) is 4.79 Å². The van der Waals surface area contributed by atoms with E-state index in [2.05, 4.69) is 0 Å². The quantitative estimate of drug-likeness (QED) is 0.363. The van der Waals surface area contributed by atoms with E-state index in [1.165, 1.54) is 0 Å². The molecule has 0 unspecified atom stereocenters. The van der Waals surface area contributed by atoms with Crippen LogP contribution >= 0.6 is 0 Å². The van der Waals surface area contributed by atoms with Crippen LogP contribution in [0, 0.1) is 0 Å². The number of nitrogens with zero attached hydrogens (tertiary/aromatic N) is 1. The van der Waals surface area contributed by atoms with E-state index in [1.54, 1.807) is 0 Å². The Morgan fingerprint density at radius 3 is 2.04 bits per heavy atom. The molecule has 1 rings (SSSR count). The first-order valence-corrected chi connectivity index (χ1v) is 8.23. The van der Waals surface area contributed by atoms with Crippen molar-refractivity contribution in [1.29, 1.82) is 0 Å². The van der Waals surface area contributed by atoms with Crippen molar-refractivity contribution in [2.75, 3.05) is 59.2 Å². The molecule has 0 amide bonds. The van der Waals surface area contributed by atoms with Crippen molar-refractivity contribution in [3.05, 3.63) is 35.9 Å². The maximum absolute atomic E-state index is 12.0. The van der Waals surface area contributed by atoms with Gasteiger partial charge in [-0.05, 0) is 5.56 Å². The Balaban J connectivity index is 2.32. The maximum atomic E-state index is 12.0. The van der Waals surface area contributed by atoms with Gasteiger partial charge in [-0.3, -0.25) is 9.69 Å². The number of hydrogen-bond donors (Lipinski definition) is 2. The second-order valence-electron chi connectivity index (χ2n) is 5.22. The summed E-state index contributed by atoms with van der Waals surface area (Å²) in [6.45, 7) is 4.73. The molecule has 0 heterocycles. The van der Waals surface area contributed by atoms with Crippen molar-refractivity contribution < 1.29 is 19.0 Å². The van der Waals surface area contributed by atoms with Crippen LogP contribution in [-0.2, 0) is 25.6 Å². The molecule has 7 heteroatoms. The molecular weight excluding hydrogens is 310 g/mol. The Bertz CT molecular complexity index is 419. The normalized spacial score (nSPS) is 11.0. The average molecular weight is 339 g/mol. The molecule has 4 N–H and O–H groups in total. The minimum Gasteiger partial charge on any atom is -0.460 e. The number of benzene rings is 1. The van der Waals surface area contributed by atoms with Crippen molar-refractivity contribution in [2.45, 2.75) is 6.61 Å². The Labute approximate surface area is 143 Å². The van der Waals surface area contributed by atoms with Crippen molar-refractivity contribution in [3.63, 3.8) is 0 Å². The summed E-state index contributed by atoms with van der Waals surface area (Å²) in [6.07, 6.45) is 0. The van der Waals surface area contributed by atoms with Gasteiger partial charge in [0.05, 0.1) is 33.0 Å². The predicted octanol–water partition coefficient (Wildman–Crippen LogP) is -0.0176. The summed E-state index contributed by atoms with van der Waals surface area (Å²) < 4.78 is 16.1. The van der Waals surface area contributed by atoms with E-state index in [0.717, 1.165) is 5.56 Å². The largest absolute Gasteiger partial charge is 0.460 e. The first-order chi connectivity index (χ1) is 11.8. The lowest BCUT2D eigenvalue weighted by Gasteiger charge is -2.21. The minimum atomic E-state index is -0.267. The number of esters is 1. The molecule has 1 aromatic rings. The smallest absolute Gasteiger partial charge is 0.320 e. The second kappa shape index (κ2) is 13.9. The first-order valence-electron chi connectivity index (χ1n) is 8.23. The standard InChI is InChI=1S/C17H29N3O4/c18-6-10-22-12-8-20(9-13-23-11-7-19)14-17(21)24-15-16-4-2-1-3-5-16/h1-5H,6-15,18-19H2. The number of ether oxygens (including phenoxy) is 3. The molecule has 0 saturated carbocycles. The molecule has 0 spiro atoms. The van der Waals surface area contributed by atoms with Crippen LogP contribution in [0.1, 0.15) is 5.56 Å². The number of nitrogens with two attached hydrogens (primary N) is 2. The number of carbonyl (C=O) groups excluding carboxylic acids is 1. The molecule has 24 heavy (non-hydrogen) atoms. The molecule has 0 aliphatic rings. The fraction of sp³-hybridized carbons (Fsp3) is 0.588. The lowest BCUT2D eigenvalue weighted by Crippen LogP contribution is -2.36. The fourth-order valence-corrected chi connectivity index (χ4v) is 1.99. The van der Waals surface area contributed by atoms with Crippen LogP contribution in [0.15, 0.2) is 30.3 Å². The fourth-order valence-electron chi connectivity index (χ4n) is 1.99. The molecule has 0 saturated heterocycles. The van der Waals surface area contributed by atoms with Crippen LogP contribution in [0.4, 0.5) is 0 Å². The topological polar surface area (TPSA) is 100 Å². The van der Waals surface area contributed by atoms with Gasteiger partial charge < -0.3 is 25.7 Å². The SMILES string of the molecule is NCCOCCN(CCOCCN)CC(=O)OCc1ccccc1. The van der Waals surface area contributed by atoms with Gasteiger partial charge in [-0.25, -0.2) is 0 Å². The summed E-state index contributed by atoms with van der Waals surface area (Å²) in [5.41, 5.74) is 11.7. The third-order valence-electron chi connectivity index (χ3n) is 3.22. The highest BCUT2D eigenvalue weighted by Gasteiger charge is 2.12. The zero-order valence-electron chi connectivity index (χ0n) is 14.2. The van der Waals surface area contributed by atoms with Gasteiger partial charge in [0, 0.05) is 26.2 Å².